The molecular formula is C17H32N2O2. The minimum Gasteiger partial charge on any atom is -0.444 e. The van der Waals surface area contributed by atoms with Crippen molar-refractivity contribution in [3.63, 3.8) is 0 Å². The van der Waals surface area contributed by atoms with Crippen molar-refractivity contribution < 1.29 is 9.53 Å². The zero-order chi connectivity index (χ0) is 15.5. The van der Waals surface area contributed by atoms with E-state index in [1.54, 1.807) is 0 Å². The number of amides is 1. The molecule has 2 fully saturated rings. The van der Waals surface area contributed by atoms with Crippen molar-refractivity contribution in [3.05, 3.63) is 0 Å². The zero-order valence-corrected chi connectivity index (χ0v) is 14.2. The van der Waals surface area contributed by atoms with Gasteiger partial charge in [0.05, 0.1) is 0 Å². The minimum atomic E-state index is -0.410. The first-order valence-corrected chi connectivity index (χ1v) is 8.59. The van der Waals surface area contributed by atoms with Gasteiger partial charge in [0.1, 0.15) is 5.60 Å². The lowest BCUT2D eigenvalue weighted by molar-refractivity contribution is 0.0241. The van der Waals surface area contributed by atoms with Gasteiger partial charge in [-0.05, 0) is 52.4 Å². The molecule has 1 aliphatic carbocycles. The van der Waals surface area contributed by atoms with Crippen LogP contribution in [-0.2, 0) is 4.74 Å². The Morgan fingerprint density at radius 1 is 1.14 bits per heavy atom. The number of rotatable bonds is 2. The van der Waals surface area contributed by atoms with E-state index in [2.05, 4.69) is 12.2 Å². The molecule has 0 aromatic carbocycles. The largest absolute Gasteiger partial charge is 0.444 e. The van der Waals surface area contributed by atoms with Crippen molar-refractivity contribution in [2.75, 3.05) is 13.1 Å². The first-order valence-electron chi connectivity index (χ1n) is 8.59. The molecule has 2 rings (SSSR count). The molecule has 0 bridgehead atoms. The molecule has 0 aromatic heterocycles. The summed E-state index contributed by atoms with van der Waals surface area (Å²) < 4.78 is 5.53. The SMILES string of the molecule is CC1CCCC1NC1CCCCN(C(=O)OC(C)(C)C)C1. The Labute approximate surface area is 129 Å². The molecule has 4 heteroatoms. The van der Waals surface area contributed by atoms with Gasteiger partial charge in [-0.1, -0.05) is 19.8 Å². The predicted octanol–water partition coefficient (Wildman–Crippen LogP) is 3.55. The Kier molecular flexibility index (Phi) is 5.53. The first-order chi connectivity index (χ1) is 9.85. The molecule has 2 aliphatic rings. The summed E-state index contributed by atoms with van der Waals surface area (Å²) >= 11 is 0. The number of nitrogens with one attached hydrogen (secondary N) is 1. The number of hydrogen-bond acceptors (Lipinski definition) is 3. The van der Waals surface area contributed by atoms with Crippen molar-refractivity contribution >= 4 is 6.09 Å². The van der Waals surface area contributed by atoms with E-state index in [1.165, 1.54) is 32.1 Å². The van der Waals surface area contributed by atoms with E-state index in [-0.39, 0.29) is 6.09 Å². The third kappa shape index (κ3) is 5.17. The van der Waals surface area contributed by atoms with Crippen LogP contribution in [0.5, 0.6) is 0 Å². The van der Waals surface area contributed by atoms with Crippen molar-refractivity contribution in [1.82, 2.24) is 10.2 Å². The van der Waals surface area contributed by atoms with Crippen molar-refractivity contribution in [2.24, 2.45) is 5.92 Å². The van der Waals surface area contributed by atoms with Gasteiger partial charge in [-0.25, -0.2) is 4.79 Å². The normalized spacial score (nSPS) is 31.0. The van der Waals surface area contributed by atoms with Crippen LogP contribution >= 0.6 is 0 Å². The Balaban J connectivity index is 1.90. The summed E-state index contributed by atoms with van der Waals surface area (Å²) in [4.78, 5) is 14.2. The van der Waals surface area contributed by atoms with Crippen LogP contribution in [0, 0.1) is 5.92 Å². The van der Waals surface area contributed by atoms with Gasteiger partial charge in [-0.2, -0.15) is 0 Å². The predicted molar refractivity (Wildman–Crippen MR) is 85.4 cm³/mol. The molecule has 0 radical (unpaired) electrons. The lowest BCUT2D eigenvalue weighted by Gasteiger charge is -2.30. The number of hydrogen-bond donors (Lipinski definition) is 1. The maximum absolute atomic E-state index is 12.3. The van der Waals surface area contributed by atoms with Gasteiger partial charge in [0, 0.05) is 25.2 Å². The van der Waals surface area contributed by atoms with Crippen LogP contribution in [0.3, 0.4) is 0 Å². The Bertz CT molecular complexity index is 351. The average Bonchev–Trinajstić information content (AvgIpc) is 2.63. The topological polar surface area (TPSA) is 41.6 Å². The van der Waals surface area contributed by atoms with Crippen molar-refractivity contribution in [1.29, 1.82) is 0 Å². The number of ether oxygens (including phenoxy) is 1. The van der Waals surface area contributed by atoms with E-state index in [4.69, 9.17) is 4.74 Å². The van der Waals surface area contributed by atoms with Gasteiger partial charge in [0.15, 0.2) is 0 Å². The quantitative estimate of drug-likeness (QED) is 0.847. The third-order valence-corrected chi connectivity index (χ3v) is 4.63. The molecular weight excluding hydrogens is 264 g/mol. The van der Waals surface area contributed by atoms with Gasteiger partial charge in [-0.3, -0.25) is 0 Å². The Hall–Kier alpha value is -0.770. The summed E-state index contributed by atoms with van der Waals surface area (Å²) in [7, 11) is 0. The van der Waals surface area contributed by atoms with Crippen LogP contribution in [0.1, 0.15) is 66.2 Å². The molecule has 1 amide bonds. The molecule has 122 valence electrons. The number of nitrogens with zero attached hydrogens (tertiary/aromatic N) is 1. The molecule has 0 spiro atoms. The molecule has 21 heavy (non-hydrogen) atoms. The summed E-state index contributed by atoms with van der Waals surface area (Å²) in [6.07, 6.45) is 7.24. The molecule has 0 aromatic rings. The second-order valence-corrected chi connectivity index (χ2v) is 7.80. The number of likely N-dealkylation sites (tertiary alicyclic amines) is 1. The Morgan fingerprint density at radius 3 is 2.52 bits per heavy atom. The fourth-order valence-corrected chi connectivity index (χ4v) is 3.47. The molecule has 1 heterocycles. The van der Waals surface area contributed by atoms with Crippen LogP contribution < -0.4 is 5.32 Å². The van der Waals surface area contributed by atoms with E-state index in [9.17, 15) is 4.79 Å². The smallest absolute Gasteiger partial charge is 0.410 e. The summed E-state index contributed by atoms with van der Waals surface area (Å²) in [5.41, 5.74) is -0.410. The second-order valence-electron chi connectivity index (χ2n) is 7.80. The highest BCUT2D eigenvalue weighted by atomic mass is 16.6. The van der Waals surface area contributed by atoms with Gasteiger partial charge in [0.2, 0.25) is 0 Å². The van der Waals surface area contributed by atoms with Crippen molar-refractivity contribution in [2.45, 2.75) is 83.9 Å². The van der Waals surface area contributed by atoms with Crippen LogP contribution in [0.2, 0.25) is 0 Å². The van der Waals surface area contributed by atoms with Crippen LogP contribution in [-0.4, -0.2) is 41.8 Å². The van der Waals surface area contributed by atoms with E-state index < -0.39 is 5.60 Å². The van der Waals surface area contributed by atoms with E-state index in [0.717, 1.165) is 25.4 Å². The van der Waals surface area contributed by atoms with Crippen molar-refractivity contribution in [3.8, 4) is 0 Å². The van der Waals surface area contributed by atoms with E-state index in [0.29, 0.717) is 12.1 Å². The van der Waals surface area contributed by atoms with Crippen LogP contribution in [0.25, 0.3) is 0 Å². The highest BCUT2D eigenvalue weighted by molar-refractivity contribution is 5.68. The highest BCUT2D eigenvalue weighted by Gasteiger charge is 2.30. The standard InChI is InChI=1S/C17H32N2O2/c1-13-8-7-10-15(13)18-14-9-5-6-11-19(12-14)16(20)21-17(2,3)4/h13-15,18H,5-12H2,1-4H3. The fraction of sp³-hybridized carbons (Fsp3) is 0.941. The van der Waals surface area contributed by atoms with Gasteiger partial charge in [-0.15, -0.1) is 0 Å². The summed E-state index contributed by atoms with van der Waals surface area (Å²) in [5, 5.41) is 3.81. The molecule has 4 nitrogen and oxygen atoms in total. The molecule has 1 saturated heterocycles. The summed E-state index contributed by atoms with van der Waals surface area (Å²) in [6, 6.07) is 1.05. The monoisotopic (exact) mass is 296 g/mol. The van der Waals surface area contributed by atoms with Crippen LogP contribution in [0.15, 0.2) is 0 Å². The molecule has 1 saturated carbocycles. The maximum Gasteiger partial charge on any atom is 0.410 e. The third-order valence-electron chi connectivity index (χ3n) is 4.63. The van der Waals surface area contributed by atoms with Gasteiger partial charge in [0.25, 0.3) is 0 Å². The molecule has 3 atom stereocenters. The summed E-state index contributed by atoms with van der Waals surface area (Å²) in [6.45, 7) is 9.74. The fourth-order valence-electron chi connectivity index (χ4n) is 3.47. The molecule has 1 aliphatic heterocycles. The first kappa shape index (κ1) is 16.6. The maximum atomic E-state index is 12.3. The number of carbonyl (C=O) groups excluding carboxylic acids is 1. The van der Waals surface area contributed by atoms with Gasteiger partial charge >= 0.3 is 6.09 Å². The molecule has 1 N–H and O–H groups in total. The zero-order valence-electron chi connectivity index (χ0n) is 14.2. The number of carbonyl (C=O) groups is 1. The molecule has 3 unspecified atom stereocenters. The highest BCUT2D eigenvalue weighted by Crippen LogP contribution is 2.26. The minimum absolute atomic E-state index is 0.157. The lowest BCUT2D eigenvalue weighted by Crippen LogP contribution is -2.48. The van der Waals surface area contributed by atoms with Crippen LogP contribution in [0.4, 0.5) is 4.79 Å². The van der Waals surface area contributed by atoms with E-state index >= 15 is 0 Å². The Morgan fingerprint density at radius 2 is 1.90 bits per heavy atom. The van der Waals surface area contributed by atoms with E-state index in [1.807, 2.05) is 25.7 Å². The average molecular weight is 296 g/mol. The van der Waals surface area contributed by atoms with Gasteiger partial charge < -0.3 is 15.0 Å². The second kappa shape index (κ2) is 6.99. The lowest BCUT2D eigenvalue weighted by atomic mass is 10.0. The summed E-state index contributed by atoms with van der Waals surface area (Å²) in [5.74, 6) is 0.767.